The van der Waals surface area contributed by atoms with Crippen LogP contribution in [0.1, 0.15) is 20.3 Å². The Labute approximate surface area is 61.5 Å². The molecule has 8 heavy (non-hydrogen) atoms. The molecule has 0 rings (SSSR count). The Kier molecular flexibility index (Phi) is 14.4. The zero-order chi connectivity index (χ0) is 6.99. The standard InChI is InChI=1S/C3H6Cl2.C3H6/c1-2-3(4)5;1-3-2/h3H,2H2,1H3;3H,1H2,2H3. The SMILES string of the molecule is C=CC.CCC(Cl)Cl. The summed E-state index contributed by atoms with van der Waals surface area (Å²) in [6.45, 7) is 7.19. The van der Waals surface area contributed by atoms with Crippen LogP contribution >= 0.6 is 23.2 Å². The number of halogens is 2. The van der Waals surface area contributed by atoms with Crippen LogP contribution in [0.4, 0.5) is 0 Å². The molecule has 0 radical (unpaired) electrons. The average molecular weight is 155 g/mol. The van der Waals surface area contributed by atoms with E-state index in [1.54, 1.807) is 6.08 Å². The quantitative estimate of drug-likeness (QED) is 0.402. The van der Waals surface area contributed by atoms with E-state index in [0.29, 0.717) is 0 Å². The van der Waals surface area contributed by atoms with Crippen molar-refractivity contribution in [2.24, 2.45) is 0 Å². The van der Waals surface area contributed by atoms with E-state index in [4.69, 9.17) is 23.2 Å². The molecule has 0 saturated heterocycles. The maximum Gasteiger partial charge on any atom is 0.107 e. The van der Waals surface area contributed by atoms with Crippen LogP contribution in [0.15, 0.2) is 12.7 Å². The zero-order valence-electron chi connectivity index (χ0n) is 5.32. The van der Waals surface area contributed by atoms with Gasteiger partial charge in [0.25, 0.3) is 0 Å². The highest BCUT2D eigenvalue weighted by Gasteiger charge is 1.86. The van der Waals surface area contributed by atoms with Crippen LogP contribution in [0.2, 0.25) is 0 Å². The van der Waals surface area contributed by atoms with E-state index in [2.05, 4.69) is 6.58 Å². The van der Waals surface area contributed by atoms with E-state index in [1.165, 1.54) is 0 Å². The number of alkyl halides is 2. The third-order valence-corrected chi connectivity index (χ3v) is 0.926. The third kappa shape index (κ3) is 33.2. The lowest BCUT2D eigenvalue weighted by Gasteiger charge is -1.84. The Morgan fingerprint density at radius 2 is 1.75 bits per heavy atom. The minimum atomic E-state index is -0.171. The molecule has 0 aromatic rings. The van der Waals surface area contributed by atoms with E-state index in [1.807, 2.05) is 13.8 Å². The molecule has 0 saturated carbocycles. The maximum atomic E-state index is 5.23. The molecule has 0 aliphatic carbocycles. The summed E-state index contributed by atoms with van der Waals surface area (Å²) in [5.41, 5.74) is 0. The minimum absolute atomic E-state index is 0.171. The number of rotatable bonds is 1. The molecule has 50 valence electrons. The van der Waals surface area contributed by atoms with Gasteiger partial charge in [0.15, 0.2) is 0 Å². The van der Waals surface area contributed by atoms with Gasteiger partial charge in [-0.15, -0.1) is 29.8 Å². The molecule has 0 heterocycles. The molecule has 0 unspecified atom stereocenters. The lowest BCUT2D eigenvalue weighted by atomic mass is 10.6. The van der Waals surface area contributed by atoms with Crippen molar-refractivity contribution in [1.82, 2.24) is 0 Å². The third-order valence-electron chi connectivity index (χ3n) is 0.309. The molecule has 0 aliphatic heterocycles. The van der Waals surface area contributed by atoms with E-state index < -0.39 is 0 Å². The van der Waals surface area contributed by atoms with E-state index in [9.17, 15) is 0 Å². The second-order valence-corrected chi connectivity index (χ2v) is 2.48. The first kappa shape index (κ1) is 11.2. The Morgan fingerprint density at radius 3 is 1.75 bits per heavy atom. The number of allylic oxidation sites excluding steroid dienone is 1. The summed E-state index contributed by atoms with van der Waals surface area (Å²) >= 11 is 10.5. The molecular weight excluding hydrogens is 143 g/mol. The van der Waals surface area contributed by atoms with Crippen LogP contribution in [0.5, 0.6) is 0 Å². The highest BCUT2D eigenvalue weighted by Crippen LogP contribution is 2.03. The van der Waals surface area contributed by atoms with E-state index in [-0.39, 0.29) is 4.84 Å². The van der Waals surface area contributed by atoms with E-state index in [0.717, 1.165) is 6.42 Å². The Balaban J connectivity index is 0. The maximum absolute atomic E-state index is 5.23. The lowest BCUT2D eigenvalue weighted by molar-refractivity contribution is 1.04. The first-order chi connectivity index (χ1) is 3.68. The fourth-order valence-electron chi connectivity index (χ4n) is 0. The predicted molar refractivity (Wildman–Crippen MR) is 41.7 cm³/mol. The largest absolute Gasteiger partial charge is 0.107 e. The molecule has 0 aliphatic rings. The summed E-state index contributed by atoms with van der Waals surface area (Å²) < 4.78 is 0. The van der Waals surface area contributed by atoms with Crippen molar-refractivity contribution < 1.29 is 0 Å². The number of hydrogen-bond donors (Lipinski definition) is 0. The number of hydrogen-bond acceptors (Lipinski definition) is 0. The molecule has 0 nitrogen and oxygen atoms in total. The van der Waals surface area contributed by atoms with Crippen LogP contribution in [-0.2, 0) is 0 Å². The van der Waals surface area contributed by atoms with Gasteiger partial charge in [-0.05, 0) is 13.3 Å². The van der Waals surface area contributed by atoms with Gasteiger partial charge in [-0.1, -0.05) is 13.0 Å². The van der Waals surface area contributed by atoms with Crippen LogP contribution in [0.3, 0.4) is 0 Å². The molecule has 0 spiro atoms. The van der Waals surface area contributed by atoms with Crippen LogP contribution in [-0.4, -0.2) is 4.84 Å². The summed E-state index contributed by atoms with van der Waals surface area (Å²) in [6.07, 6.45) is 2.59. The molecular formula is C6H12Cl2. The van der Waals surface area contributed by atoms with Crippen LogP contribution in [0.25, 0.3) is 0 Å². The molecule has 0 aromatic carbocycles. The second-order valence-electron chi connectivity index (χ2n) is 1.21. The van der Waals surface area contributed by atoms with Gasteiger partial charge in [0.05, 0.1) is 0 Å². The fourth-order valence-corrected chi connectivity index (χ4v) is 0. The second kappa shape index (κ2) is 10.3. The topological polar surface area (TPSA) is 0 Å². The first-order valence-electron chi connectivity index (χ1n) is 2.54. The molecule has 2 heteroatoms. The molecule has 0 aromatic heterocycles. The molecule has 0 bridgehead atoms. The lowest BCUT2D eigenvalue weighted by Crippen LogP contribution is -1.75. The van der Waals surface area contributed by atoms with Crippen molar-refractivity contribution in [3.05, 3.63) is 12.7 Å². The molecule has 0 N–H and O–H groups in total. The van der Waals surface area contributed by atoms with Crippen molar-refractivity contribution in [2.45, 2.75) is 25.1 Å². The van der Waals surface area contributed by atoms with Gasteiger partial charge in [0.1, 0.15) is 4.84 Å². The van der Waals surface area contributed by atoms with Crippen molar-refractivity contribution in [1.29, 1.82) is 0 Å². The van der Waals surface area contributed by atoms with Crippen molar-refractivity contribution in [3.8, 4) is 0 Å². The first-order valence-corrected chi connectivity index (χ1v) is 3.41. The van der Waals surface area contributed by atoms with Crippen LogP contribution in [0, 0.1) is 0 Å². The minimum Gasteiger partial charge on any atom is -0.105 e. The van der Waals surface area contributed by atoms with Gasteiger partial charge in [-0.3, -0.25) is 0 Å². The monoisotopic (exact) mass is 154 g/mol. The fraction of sp³-hybridized carbons (Fsp3) is 0.667. The Hall–Kier alpha value is 0.320. The Bertz CT molecular complexity index is 41.8. The van der Waals surface area contributed by atoms with Crippen molar-refractivity contribution >= 4 is 23.2 Å². The van der Waals surface area contributed by atoms with Gasteiger partial charge in [0.2, 0.25) is 0 Å². The zero-order valence-corrected chi connectivity index (χ0v) is 6.84. The van der Waals surface area contributed by atoms with Gasteiger partial charge in [-0.2, -0.15) is 0 Å². The van der Waals surface area contributed by atoms with Crippen molar-refractivity contribution in [2.75, 3.05) is 0 Å². The summed E-state index contributed by atoms with van der Waals surface area (Å²) in [7, 11) is 0. The summed E-state index contributed by atoms with van der Waals surface area (Å²) in [5.74, 6) is 0. The van der Waals surface area contributed by atoms with Gasteiger partial charge >= 0.3 is 0 Å². The summed E-state index contributed by atoms with van der Waals surface area (Å²) in [5, 5.41) is 0. The molecule has 0 fully saturated rings. The van der Waals surface area contributed by atoms with Crippen LogP contribution < -0.4 is 0 Å². The summed E-state index contributed by atoms with van der Waals surface area (Å²) in [4.78, 5) is -0.171. The Morgan fingerprint density at radius 1 is 1.62 bits per heavy atom. The predicted octanol–water partition coefficient (Wildman–Crippen LogP) is 3.39. The van der Waals surface area contributed by atoms with Gasteiger partial charge in [-0.25, -0.2) is 0 Å². The average Bonchev–Trinajstić information content (AvgIpc) is 1.69. The smallest absolute Gasteiger partial charge is 0.105 e. The highest BCUT2D eigenvalue weighted by atomic mass is 35.5. The normalized spacial score (nSPS) is 7.62. The van der Waals surface area contributed by atoms with Gasteiger partial charge < -0.3 is 0 Å². The van der Waals surface area contributed by atoms with Gasteiger partial charge in [0, 0.05) is 0 Å². The van der Waals surface area contributed by atoms with Crippen molar-refractivity contribution in [3.63, 3.8) is 0 Å². The summed E-state index contributed by atoms with van der Waals surface area (Å²) in [6, 6.07) is 0. The highest BCUT2D eigenvalue weighted by molar-refractivity contribution is 6.44. The molecule has 0 atom stereocenters. The molecule has 0 amide bonds. The van der Waals surface area contributed by atoms with E-state index >= 15 is 0 Å².